The molecule has 5 nitrogen and oxygen atoms in total. The molecule has 0 aliphatic rings. The second-order valence-electron chi connectivity index (χ2n) is 4.09. The maximum atomic E-state index is 10.6. The molecule has 2 N–H and O–H groups in total. The molecule has 1 aromatic carbocycles. The number of aliphatic carboxylic acids is 1. The Morgan fingerprint density at radius 2 is 2.22 bits per heavy atom. The first-order chi connectivity index (χ1) is 8.49. The first-order valence-electron chi connectivity index (χ1n) is 5.47. The lowest BCUT2D eigenvalue weighted by molar-refractivity contribution is -0.139. The lowest BCUT2D eigenvalue weighted by Crippen LogP contribution is -2.13. The molecule has 0 aromatic heterocycles. The van der Waals surface area contributed by atoms with Gasteiger partial charge in [0, 0.05) is 0 Å². The minimum Gasteiger partial charge on any atom is -0.495 e. The van der Waals surface area contributed by atoms with Gasteiger partial charge in [0.15, 0.2) is 0 Å². The number of methoxy groups -OCH3 is 1. The second kappa shape index (κ2) is 6.03. The Morgan fingerprint density at radius 1 is 1.56 bits per heavy atom. The van der Waals surface area contributed by atoms with Gasteiger partial charge < -0.3 is 14.9 Å². The van der Waals surface area contributed by atoms with Gasteiger partial charge in [-0.1, -0.05) is 13.0 Å². The third-order valence-electron chi connectivity index (χ3n) is 2.72. The number of hydrogen-bond donors (Lipinski definition) is 2. The Kier molecular flexibility index (Phi) is 4.69. The maximum absolute atomic E-state index is 10.6. The van der Waals surface area contributed by atoms with E-state index >= 15 is 0 Å². The van der Waals surface area contributed by atoms with Gasteiger partial charge in [0.2, 0.25) is 0 Å². The fourth-order valence-electron chi connectivity index (χ4n) is 1.71. The third kappa shape index (κ3) is 3.22. The van der Waals surface area contributed by atoms with Gasteiger partial charge in [0.05, 0.1) is 25.2 Å². The van der Waals surface area contributed by atoms with E-state index in [0.717, 1.165) is 0 Å². The Hall–Kier alpha value is -2.06. The lowest BCUT2D eigenvalue weighted by Gasteiger charge is -2.18. The Labute approximate surface area is 105 Å². The average molecular weight is 249 g/mol. The number of carboxylic acids is 1. The van der Waals surface area contributed by atoms with E-state index in [1.807, 2.05) is 6.07 Å². The molecule has 0 aliphatic carbocycles. The number of aliphatic hydroxyl groups excluding tert-OH is 1. The van der Waals surface area contributed by atoms with Crippen molar-refractivity contribution in [1.82, 2.24) is 0 Å². The highest BCUT2D eigenvalue weighted by Crippen LogP contribution is 2.28. The van der Waals surface area contributed by atoms with Gasteiger partial charge in [0.25, 0.3) is 0 Å². The predicted octanol–water partition coefficient (Wildman–Crippen LogP) is 1.71. The highest BCUT2D eigenvalue weighted by atomic mass is 16.5. The molecular formula is C13H15NO4. The molecule has 5 heteroatoms. The van der Waals surface area contributed by atoms with Crippen molar-refractivity contribution in [2.45, 2.75) is 19.4 Å². The first-order valence-corrected chi connectivity index (χ1v) is 5.47. The molecule has 0 radical (unpaired) electrons. The second-order valence-corrected chi connectivity index (χ2v) is 4.09. The molecule has 0 saturated heterocycles. The molecule has 0 aliphatic heterocycles. The third-order valence-corrected chi connectivity index (χ3v) is 2.72. The summed E-state index contributed by atoms with van der Waals surface area (Å²) < 4.78 is 5.00. The summed E-state index contributed by atoms with van der Waals surface area (Å²) in [6.45, 7) is 1.65. The van der Waals surface area contributed by atoms with Gasteiger partial charge in [-0.05, 0) is 23.6 Å². The summed E-state index contributed by atoms with van der Waals surface area (Å²) in [5.74, 6) is -0.961. The van der Waals surface area contributed by atoms with Gasteiger partial charge in [-0.2, -0.15) is 5.26 Å². The highest BCUT2D eigenvalue weighted by molar-refractivity contribution is 5.67. The van der Waals surface area contributed by atoms with E-state index in [4.69, 9.17) is 15.1 Å². The van der Waals surface area contributed by atoms with Crippen LogP contribution < -0.4 is 4.74 Å². The summed E-state index contributed by atoms with van der Waals surface area (Å²) >= 11 is 0. The van der Waals surface area contributed by atoms with Gasteiger partial charge in [-0.3, -0.25) is 4.79 Å². The van der Waals surface area contributed by atoms with E-state index in [9.17, 15) is 9.90 Å². The Balaban J connectivity index is 2.96. The molecule has 96 valence electrons. The van der Waals surface area contributed by atoms with Crippen LogP contribution in [0, 0.1) is 17.2 Å². The number of nitriles is 1. The Morgan fingerprint density at radius 3 is 2.72 bits per heavy atom. The van der Waals surface area contributed by atoms with E-state index in [1.165, 1.54) is 13.2 Å². The molecule has 0 spiro atoms. The topological polar surface area (TPSA) is 90.6 Å². The van der Waals surface area contributed by atoms with Crippen LogP contribution in [-0.2, 0) is 4.79 Å². The largest absolute Gasteiger partial charge is 0.495 e. The van der Waals surface area contributed by atoms with Crippen LogP contribution >= 0.6 is 0 Å². The van der Waals surface area contributed by atoms with Crippen LogP contribution in [0.2, 0.25) is 0 Å². The summed E-state index contributed by atoms with van der Waals surface area (Å²) in [4.78, 5) is 10.6. The number of carboxylic acid groups (broad SMARTS) is 1. The van der Waals surface area contributed by atoms with Crippen molar-refractivity contribution in [2.24, 2.45) is 5.92 Å². The van der Waals surface area contributed by atoms with Crippen molar-refractivity contribution < 1.29 is 19.7 Å². The molecule has 0 saturated carbocycles. The van der Waals surface area contributed by atoms with Crippen LogP contribution in [0.15, 0.2) is 18.2 Å². The van der Waals surface area contributed by atoms with Crippen molar-refractivity contribution in [3.05, 3.63) is 29.3 Å². The molecule has 0 amide bonds. The standard InChI is InChI=1S/C13H15NO4/c1-8(5-12(15)16)13(17)9-3-4-11(18-2)10(6-9)7-14/h3-4,6,8,13,17H,5H2,1-2H3,(H,15,16). The van der Waals surface area contributed by atoms with Crippen LogP contribution in [0.3, 0.4) is 0 Å². The lowest BCUT2D eigenvalue weighted by atomic mass is 9.93. The smallest absolute Gasteiger partial charge is 0.303 e. The minimum absolute atomic E-state index is 0.130. The number of hydrogen-bond acceptors (Lipinski definition) is 4. The van der Waals surface area contributed by atoms with Crippen LogP contribution in [0.1, 0.15) is 30.6 Å². The highest BCUT2D eigenvalue weighted by Gasteiger charge is 2.20. The number of aliphatic hydroxyl groups is 1. The zero-order valence-electron chi connectivity index (χ0n) is 10.3. The summed E-state index contributed by atoms with van der Waals surface area (Å²) in [6.07, 6.45) is -1.05. The summed E-state index contributed by atoms with van der Waals surface area (Å²) in [5.41, 5.74) is 0.831. The van der Waals surface area contributed by atoms with Crippen LogP contribution in [-0.4, -0.2) is 23.3 Å². The molecule has 1 aromatic rings. The van der Waals surface area contributed by atoms with Crippen LogP contribution in [0.25, 0.3) is 0 Å². The average Bonchev–Trinajstić information content (AvgIpc) is 2.36. The summed E-state index contributed by atoms with van der Waals surface area (Å²) in [5, 5.41) is 27.6. The van der Waals surface area contributed by atoms with Crippen molar-refractivity contribution in [1.29, 1.82) is 5.26 Å². The molecule has 2 atom stereocenters. The summed E-state index contributed by atoms with van der Waals surface area (Å²) in [6, 6.07) is 6.70. The molecule has 0 bridgehead atoms. The van der Waals surface area contributed by atoms with Gasteiger partial charge in [-0.25, -0.2) is 0 Å². The molecule has 1 rings (SSSR count). The van der Waals surface area contributed by atoms with E-state index in [0.29, 0.717) is 16.9 Å². The number of ether oxygens (including phenoxy) is 1. The predicted molar refractivity (Wildman–Crippen MR) is 64.1 cm³/mol. The monoisotopic (exact) mass is 249 g/mol. The molecular weight excluding hydrogens is 234 g/mol. The van der Waals surface area contributed by atoms with Crippen molar-refractivity contribution in [3.63, 3.8) is 0 Å². The van der Waals surface area contributed by atoms with Crippen molar-refractivity contribution >= 4 is 5.97 Å². The number of nitrogens with zero attached hydrogens (tertiary/aromatic N) is 1. The van der Waals surface area contributed by atoms with E-state index in [-0.39, 0.29) is 6.42 Å². The molecule has 0 fully saturated rings. The van der Waals surface area contributed by atoms with Crippen LogP contribution in [0.5, 0.6) is 5.75 Å². The van der Waals surface area contributed by atoms with Gasteiger partial charge in [-0.15, -0.1) is 0 Å². The van der Waals surface area contributed by atoms with Crippen LogP contribution in [0.4, 0.5) is 0 Å². The molecule has 18 heavy (non-hydrogen) atoms. The maximum Gasteiger partial charge on any atom is 0.303 e. The van der Waals surface area contributed by atoms with E-state index in [1.54, 1.807) is 19.1 Å². The zero-order valence-corrected chi connectivity index (χ0v) is 10.3. The van der Waals surface area contributed by atoms with Crippen molar-refractivity contribution in [3.8, 4) is 11.8 Å². The quantitative estimate of drug-likeness (QED) is 0.829. The molecule has 2 unspecified atom stereocenters. The summed E-state index contributed by atoms with van der Waals surface area (Å²) in [7, 11) is 1.46. The number of rotatable bonds is 5. The minimum atomic E-state index is -0.962. The van der Waals surface area contributed by atoms with E-state index < -0.39 is 18.0 Å². The fraction of sp³-hybridized carbons (Fsp3) is 0.385. The SMILES string of the molecule is COc1ccc(C(O)C(C)CC(=O)O)cc1C#N. The first kappa shape index (κ1) is 14.0. The van der Waals surface area contributed by atoms with Gasteiger partial charge >= 0.3 is 5.97 Å². The van der Waals surface area contributed by atoms with E-state index in [2.05, 4.69) is 0 Å². The van der Waals surface area contributed by atoms with Crippen molar-refractivity contribution in [2.75, 3.05) is 7.11 Å². The zero-order chi connectivity index (χ0) is 13.7. The number of benzene rings is 1. The normalized spacial score (nSPS) is 13.4. The molecule has 0 heterocycles. The Bertz CT molecular complexity index is 478. The fourth-order valence-corrected chi connectivity index (χ4v) is 1.71. The number of carbonyl (C=O) groups is 1. The van der Waals surface area contributed by atoms with Gasteiger partial charge in [0.1, 0.15) is 11.8 Å².